The lowest BCUT2D eigenvalue weighted by atomic mass is 10.2. The van der Waals surface area contributed by atoms with E-state index in [4.69, 9.17) is 5.73 Å². The van der Waals surface area contributed by atoms with Crippen molar-refractivity contribution in [3.05, 3.63) is 65.9 Å². The Labute approximate surface area is 150 Å². The summed E-state index contributed by atoms with van der Waals surface area (Å²) in [7, 11) is 0. The van der Waals surface area contributed by atoms with Crippen LogP contribution >= 0.6 is 0 Å². The maximum Gasteiger partial charge on any atom is 0.280 e. The van der Waals surface area contributed by atoms with E-state index in [2.05, 4.69) is 20.9 Å². The largest absolute Gasteiger partial charge is 0.382 e. The average molecular weight is 350 g/mol. The Hall–Kier alpha value is -3.68. The number of carbonyl (C=O) groups is 2. The van der Waals surface area contributed by atoms with Crippen molar-refractivity contribution in [2.75, 3.05) is 16.4 Å². The fraction of sp³-hybridized carbons (Fsp3) is 0.111. The van der Waals surface area contributed by atoms with E-state index in [1.54, 1.807) is 36.4 Å². The summed E-state index contributed by atoms with van der Waals surface area (Å²) in [6.45, 7) is 1.81. The van der Waals surface area contributed by atoms with E-state index in [-0.39, 0.29) is 24.0 Å². The zero-order chi connectivity index (χ0) is 18.5. The first kappa shape index (κ1) is 17.2. The van der Waals surface area contributed by atoms with Crippen molar-refractivity contribution in [1.29, 1.82) is 0 Å². The van der Waals surface area contributed by atoms with E-state index < -0.39 is 5.91 Å². The summed E-state index contributed by atoms with van der Waals surface area (Å²) in [5.41, 5.74) is 8.26. The molecule has 0 atom stereocenters. The minimum Gasteiger partial charge on any atom is -0.382 e. The second kappa shape index (κ2) is 7.47. The first-order chi connectivity index (χ1) is 12.5. The van der Waals surface area contributed by atoms with Gasteiger partial charge in [0.05, 0.1) is 0 Å². The molecule has 2 aromatic carbocycles. The van der Waals surface area contributed by atoms with Gasteiger partial charge in [-0.2, -0.15) is 0 Å². The van der Waals surface area contributed by atoms with Gasteiger partial charge in [0.25, 0.3) is 5.91 Å². The lowest BCUT2D eigenvalue weighted by Crippen LogP contribution is -2.21. The SMILES string of the molecule is Cc1ccc(NC(=O)Cn2nnc(C(=O)Nc3ccccc3)c2N)cc1. The normalized spacial score (nSPS) is 10.3. The van der Waals surface area contributed by atoms with Gasteiger partial charge >= 0.3 is 0 Å². The molecule has 0 fully saturated rings. The first-order valence-electron chi connectivity index (χ1n) is 7.95. The third-order valence-corrected chi connectivity index (χ3v) is 3.65. The number of para-hydroxylation sites is 1. The van der Waals surface area contributed by atoms with Crippen LogP contribution < -0.4 is 16.4 Å². The molecule has 132 valence electrons. The highest BCUT2D eigenvalue weighted by atomic mass is 16.2. The Morgan fingerprint density at radius 1 is 1.00 bits per heavy atom. The molecule has 1 heterocycles. The lowest BCUT2D eigenvalue weighted by Gasteiger charge is -2.07. The van der Waals surface area contributed by atoms with Gasteiger partial charge in [0, 0.05) is 11.4 Å². The van der Waals surface area contributed by atoms with Crippen LogP contribution in [0.15, 0.2) is 54.6 Å². The number of aryl methyl sites for hydroxylation is 1. The van der Waals surface area contributed by atoms with Gasteiger partial charge in [0.2, 0.25) is 5.91 Å². The van der Waals surface area contributed by atoms with Gasteiger partial charge in [-0.1, -0.05) is 41.1 Å². The first-order valence-corrected chi connectivity index (χ1v) is 7.95. The number of nitrogens with two attached hydrogens (primary N) is 1. The number of nitrogens with one attached hydrogen (secondary N) is 2. The van der Waals surface area contributed by atoms with Gasteiger partial charge in [-0.3, -0.25) is 9.59 Å². The number of benzene rings is 2. The average Bonchev–Trinajstić information content (AvgIpc) is 2.98. The molecule has 4 N–H and O–H groups in total. The lowest BCUT2D eigenvalue weighted by molar-refractivity contribution is -0.116. The monoisotopic (exact) mass is 350 g/mol. The fourth-order valence-corrected chi connectivity index (χ4v) is 2.28. The maximum absolute atomic E-state index is 12.2. The Bertz CT molecular complexity index is 919. The van der Waals surface area contributed by atoms with Crippen molar-refractivity contribution in [3.8, 4) is 0 Å². The molecule has 8 nitrogen and oxygen atoms in total. The topological polar surface area (TPSA) is 115 Å². The van der Waals surface area contributed by atoms with E-state index in [9.17, 15) is 9.59 Å². The molecule has 0 unspecified atom stereocenters. The van der Waals surface area contributed by atoms with Crippen molar-refractivity contribution in [2.45, 2.75) is 13.5 Å². The molecule has 0 spiro atoms. The highest BCUT2D eigenvalue weighted by Gasteiger charge is 2.19. The van der Waals surface area contributed by atoms with E-state index in [1.807, 2.05) is 25.1 Å². The number of nitrogens with zero attached hydrogens (tertiary/aromatic N) is 3. The van der Waals surface area contributed by atoms with Crippen molar-refractivity contribution in [2.24, 2.45) is 0 Å². The second-order valence-electron chi connectivity index (χ2n) is 5.72. The van der Waals surface area contributed by atoms with Crippen molar-refractivity contribution in [3.63, 3.8) is 0 Å². The number of hydrogen-bond donors (Lipinski definition) is 3. The van der Waals surface area contributed by atoms with E-state index in [0.717, 1.165) is 5.56 Å². The van der Waals surface area contributed by atoms with Crippen LogP contribution in [0.1, 0.15) is 16.1 Å². The fourth-order valence-electron chi connectivity index (χ4n) is 2.28. The Balaban J connectivity index is 1.65. The maximum atomic E-state index is 12.2. The van der Waals surface area contributed by atoms with Crippen LogP contribution in [0.25, 0.3) is 0 Å². The Morgan fingerprint density at radius 3 is 2.35 bits per heavy atom. The molecule has 1 aromatic heterocycles. The molecular formula is C18H18N6O2. The van der Waals surface area contributed by atoms with E-state index >= 15 is 0 Å². The summed E-state index contributed by atoms with van der Waals surface area (Å²) in [5.74, 6) is -0.781. The molecule has 0 aliphatic carbocycles. The molecule has 0 radical (unpaired) electrons. The smallest absolute Gasteiger partial charge is 0.280 e. The van der Waals surface area contributed by atoms with Crippen molar-refractivity contribution < 1.29 is 9.59 Å². The van der Waals surface area contributed by atoms with Crippen LogP contribution in [-0.2, 0) is 11.3 Å². The van der Waals surface area contributed by atoms with Crippen LogP contribution in [0, 0.1) is 6.92 Å². The standard InChI is InChI=1S/C18H18N6O2/c1-12-7-9-14(10-8-12)20-15(25)11-24-17(19)16(22-23-24)18(26)21-13-5-3-2-4-6-13/h2-10H,11,19H2,1H3,(H,20,25)(H,21,26). The van der Waals surface area contributed by atoms with E-state index in [1.165, 1.54) is 4.68 Å². The predicted molar refractivity (Wildman–Crippen MR) is 98.6 cm³/mol. The van der Waals surface area contributed by atoms with Crippen LogP contribution in [0.2, 0.25) is 0 Å². The molecule has 0 aliphatic heterocycles. The van der Waals surface area contributed by atoms with Gasteiger partial charge < -0.3 is 16.4 Å². The summed E-state index contributed by atoms with van der Waals surface area (Å²) in [4.78, 5) is 24.4. The number of hydrogen-bond acceptors (Lipinski definition) is 5. The number of amides is 2. The summed E-state index contributed by atoms with van der Waals surface area (Å²) in [6, 6.07) is 16.3. The molecule has 3 rings (SSSR count). The minimum absolute atomic E-state index is 0.0255. The molecular weight excluding hydrogens is 332 g/mol. The highest BCUT2D eigenvalue weighted by molar-refractivity contribution is 6.05. The molecule has 3 aromatic rings. The van der Waals surface area contributed by atoms with Gasteiger partial charge in [0.15, 0.2) is 11.5 Å². The van der Waals surface area contributed by atoms with Crippen LogP contribution in [0.4, 0.5) is 17.2 Å². The molecule has 2 amide bonds. The Morgan fingerprint density at radius 2 is 1.65 bits per heavy atom. The third kappa shape index (κ3) is 4.04. The third-order valence-electron chi connectivity index (χ3n) is 3.65. The second-order valence-corrected chi connectivity index (χ2v) is 5.72. The predicted octanol–water partition coefficient (Wildman–Crippen LogP) is 2.06. The number of carbonyl (C=O) groups excluding carboxylic acids is 2. The van der Waals surface area contributed by atoms with Gasteiger partial charge in [-0.25, -0.2) is 4.68 Å². The Kier molecular flexibility index (Phi) is 4.93. The van der Waals surface area contributed by atoms with E-state index in [0.29, 0.717) is 11.4 Å². The number of aromatic nitrogens is 3. The van der Waals surface area contributed by atoms with Crippen molar-refractivity contribution in [1.82, 2.24) is 15.0 Å². The molecule has 26 heavy (non-hydrogen) atoms. The van der Waals surface area contributed by atoms with Crippen LogP contribution in [-0.4, -0.2) is 26.8 Å². The molecule has 0 saturated carbocycles. The summed E-state index contributed by atoms with van der Waals surface area (Å²) < 4.78 is 1.18. The molecule has 0 bridgehead atoms. The summed E-state index contributed by atoms with van der Waals surface area (Å²) in [6.07, 6.45) is 0. The van der Waals surface area contributed by atoms with Gasteiger partial charge in [0.1, 0.15) is 6.54 Å². The van der Waals surface area contributed by atoms with Gasteiger partial charge in [-0.15, -0.1) is 5.10 Å². The molecule has 0 saturated heterocycles. The number of nitrogen functional groups attached to an aromatic ring is 1. The minimum atomic E-state index is -0.487. The van der Waals surface area contributed by atoms with Crippen LogP contribution in [0.3, 0.4) is 0 Å². The van der Waals surface area contributed by atoms with Crippen LogP contribution in [0.5, 0.6) is 0 Å². The quantitative estimate of drug-likeness (QED) is 0.651. The highest BCUT2D eigenvalue weighted by Crippen LogP contribution is 2.13. The van der Waals surface area contributed by atoms with Crippen molar-refractivity contribution >= 4 is 29.0 Å². The molecule has 0 aliphatic rings. The molecule has 8 heteroatoms. The number of anilines is 3. The zero-order valence-corrected chi connectivity index (χ0v) is 14.1. The summed E-state index contributed by atoms with van der Waals surface area (Å²) >= 11 is 0. The zero-order valence-electron chi connectivity index (χ0n) is 14.1. The number of rotatable bonds is 5. The van der Waals surface area contributed by atoms with Gasteiger partial charge in [-0.05, 0) is 31.2 Å². The summed E-state index contributed by atoms with van der Waals surface area (Å²) in [5, 5.41) is 13.0.